The maximum atomic E-state index is 12.0. The molecule has 10 heteroatoms. The predicted octanol–water partition coefficient (Wildman–Crippen LogP) is 1.00. The van der Waals surface area contributed by atoms with Gasteiger partial charge in [0.05, 0.1) is 12.3 Å². The molecule has 0 aliphatic heterocycles. The fourth-order valence-corrected chi connectivity index (χ4v) is 2.18. The summed E-state index contributed by atoms with van der Waals surface area (Å²) in [5, 5.41) is 13.6. The number of nitrogens with two attached hydrogens (primary N) is 1. The van der Waals surface area contributed by atoms with E-state index in [2.05, 4.69) is 10.6 Å². The first-order valence-electron chi connectivity index (χ1n) is 8.48. The lowest BCUT2D eigenvalue weighted by Crippen LogP contribution is -2.45. The van der Waals surface area contributed by atoms with Crippen molar-refractivity contribution in [1.82, 2.24) is 10.6 Å². The topological polar surface area (TPSA) is 159 Å². The first-order chi connectivity index (χ1) is 12.5. The van der Waals surface area contributed by atoms with E-state index in [1.165, 1.54) is 5.56 Å². The summed E-state index contributed by atoms with van der Waals surface area (Å²) in [6.07, 6.45) is 2.38. The predicted molar refractivity (Wildman–Crippen MR) is 103 cm³/mol. The molecular weight excluding hydrogens is 374 g/mol. The lowest BCUT2D eigenvalue weighted by Gasteiger charge is -2.17. The van der Waals surface area contributed by atoms with Crippen molar-refractivity contribution in [3.05, 3.63) is 35.9 Å². The van der Waals surface area contributed by atoms with Crippen molar-refractivity contribution >= 4 is 22.1 Å². The molecule has 27 heavy (non-hydrogen) atoms. The van der Waals surface area contributed by atoms with Crippen molar-refractivity contribution in [3.63, 3.8) is 0 Å². The number of unbranched alkanes of at least 4 members (excludes halogenated alkanes) is 1. The lowest BCUT2D eigenvalue weighted by atomic mass is 10.1. The molecule has 6 N–H and O–H groups in total. The number of rotatable bonds is 9. The molecule has 0 heterocycles. The van der Waals surface area contributed by atoms with E-state index >= 15 is 0 Å². The Morgan fingerprint density at radius 3 is 2.26 bits per heavy atom. The van der Waals surface area contributed by atoms with E-state index in [4.69, 9.17) is 15.4 Å². The summed E-state index contributed by atoms with van der Waals surface area (Å²) in [5.74, 6) is -0.158. The van der Waals surface area contributed by atoms with Crippen molar-refractivity contribution < 1.29 is 27.7 Å². The van der Waals surface area contributed by atoms with Gasteiger partial charge in [0.2, 0.25) is 5.91 Å². The summed E-state index contributed by atoms with van der Waals surface area (Å²) in [6.45, 7) is 2.34. The zero-order valence-corrected chi connectivity index (χ0v) is 16.4. The Kier molecular flexibility index (Phi) is 12.0. The highest BCUT2D eigenvalue weighted by atomic mass is 32.2. The van der Waals surface area contributed by atoms with Crippen molar-refractivity contribution in [1.29, 1.82) is 0 Å². The highest BCUT2D eigenvalue weighted by Crippen LogP contribution is 2.04. The number of benzene rings is 1. The average molecular weight is 404 g/mol. The number of carboxylic acid groups (broad SMARTS) is 1. The van der Waals surface area contributed by atoms with Gasteiger partial charge in [-0.15, -0.1) is 0 Å². The number of nitrogens with one attached hydrogen (secondary N) is 2. The van der Waals surface area contributed by atoms with Gasteiger partial charge in [0.1, 0.15) is 0 Å². The van der Waals surface area contributed by atoms with Gasteiger partial charge in [-0.3, -0.25) is 9.35 Å². The van der Waals surface area contributed by atoms with Crippen LogP contribution >= 0.6 is 0 Å². The Balaban J connectivity index is 0.00000119. The molecule has 0 saturated carbocycles. The van der Waals surface area contributed by atoms with Crippen LogP contribution in [0.15, 0.2) is 30.3 Å². The molecule has 1 rings (SSSR count). The molecule has 0 fully saturated rings. The van der Waals surface area contributed by atoms with Crippen LogP contribution in [-0.4, -0.2) is 55.0 Å². The Bertz CT molecular complexity index is 659. The summed E-state index contributed by atoms with van der Waals surface area (Å²) < 4.78 is 25.9. The molecule has 1 aromatic rings. The van der Waals surface area contributed by atoms with Crippen LogP contribution < -0.4 is 16.4 Å². The quantitative estimate of drug-likeness (QED) is 0.304. The van der Waals surface area contributed by atoms with Crippen LogP contribution in [0.25, 0.3) is 0 Å². The van der Waals surface area contributed by atoms with E-state index in [9.17, 15) is 18.0 Å². The molecule has 2 amide bonds. The fraction of sp³-hybridized carbons (Fsp3) is 0.529. The molecule has 0 saturated heterocycles. The van der Waals surface area contributed by atoms with Crippen LogP contribution in [-0.2, 0) is 21.3 Å². The third-order valence-corrected chi connectivity index (χ3v) is 3.33. The number of carbonyl (C=O) groups excluding carboxylic acids is 1. The molecule has 154 valence electrons. The maximum Gasteiger partial charge on any atom is 0.404 e. The first-order valence-corrected chi connectivity index (χ1v) is 10.3. The van der Waals surface area contributed by atoms with E-state index in [-0.39, 0.29) is 11.9 Å². The largest absolute Gasteiger partial charge is 0.465 e. The minimum Gasteiger partial charge on any atom is -0.465 e. The summed E-state index contributed by atoms with van der Waals surface area (Å²) in [5.41, 5.74) is 7.02. The van der Waals surface area contributed by atoms with E-state index in [1.807, 2.05) is 37.3 Å². The minimum atomic E-state index is -3.67. The second-order valence-electron chi connectivity index (χ2n) is 6.17. The number of hydrogen-bond acceptors (Lipinski definition) is 5. The molecule has 0 unspecified atom stereocenters. The molecule has 1 aromatic carbocycles. The van der Waals surface area contributed by atoms with Crippen molar-refractivity contribution in [2.75, 3.05) is 12.8 Å². The average Bonchev–Trinajstić information content (AvgIpc) is 2.53. The van der Waals surface area contributed by atoms with Gasteiger partial charge in [0.15, 0.2) is 0 Å². The maximum absolute atomic E-state index is 12.0. The van der Waals surface area contributed by atoms with Crippen LogP contribution in [0.1, 0.15) is 31.7 Å². The second kappa shape index (κ2) is 13.1. The van der Waals surface area contributed by atoms with Crippen LogP contribution in [0, 0.1) is 0 Å². The first kappa shape index (κ1) is 24.8. The molecule has 0 spiro atoms. The zero-order chi connectivity index (χ0) is 20.9. The summed E-state index contributed by atoms with van der Waals surface area (Å²) in [4.78, 5) is 22.2. The van der Waals surface area contributed by atoms with Crippen molar-refractivity contribution in [2.24, 2.45) is 5.73 Å². The molecule has 0 bridgehead atoms. The third-order valence-electron chi connectivity index (χ3n) is 3.33. The van der Waals surface area contributed by atoms with E-state index in [0.717, 1.165) is 6.42 Å². The summed E-state index contributed by atoms with van der Waals surface area (Å²) >= 11 is 0. The SMILES string of the molecule is CS(=O)(=O)O.C[C@@H](Cc1ccccc1)NC(=O)[C@@H](N)CCCCNC(=O)O. The third kappa shape index (κ3) is 17.0. The van der Waals surface area contributed by atoms with Crippen LogP contribution in [0.5, 0.6) is 0 Å². The fourth-order valence-electron chi connectivity index (χ4n) is 2.18. The lowest BCUT2D eigenvalue weighted by molar-refractivity contribution is -0.123. The van der Waals surface area contributed by atoms with Crippen LogP contribution in [0.4, 0.5) is 4.79 Å². The highest BCUT2D eigenvalue weighted by Gasteiger charge is 2.15. The van der Waals surface area contributed by atoms with E-state index < -0.39 is 22.3 Å². The Morgan fingerprint density at radius 1 is 1.19 bits per heavy atom. The standard InChI is InChI=1S/C16H25N3O3.CH4O3S/c1-12(11-13-7-3-2-4-8-13)19-15(20)14(17)9-5-6-10-18-16(21)22;1-5(2,3)4/h2-4,7-8,12,14,18H,5-6,9-11,17H2,1H3,(H,19,20)(H,21,22);1H3,(H,2,3,4)/t12-,14-;/m0./s1. The molecular formula is C17H29N3O6S. The molecule has 2 atom stereocenters. The Labute approximate surface area is 160 Å². The summed E-state index contributed by atoms with van der Waals surface area (Å²) in [7, 11) is -3.67. The molecule has 0 aliphatic carbocycles. The van der Waals surface area contributed by atoms with Gasteiger partial charge >= 0.3 is 6.09 Å². The minimum absolute atomic E-state index is 0.0228. The molecule has 9 nitrogen and oxygen atoms in total. The number of carbonyl (C=O) groups is 2. The van der Waals surface area contributed by atoms with Gasteiger partial charge in [-0.2, -0.15) is 8.42 Å². The van der Waals surface area contributed by atoms with Crippen molar-refractivity contribution in [2.45, 2.75) is 44.7 Å². The van der Waals surface area contributed by atoms with Gasteiger partial charge < -0.3 is 21.5 Å². The Morgan fingerprint density at radius 2 is 1.74 bits per heavy atom. The van der Waals surface area contributed by atoms with E-state index in [0.29, 0.717) is 32.1 Å². The zero-order valence-electron chi connectivity index (χ0n) is 15.6. The smallest absolute Gasteiger partial charge is 0.404 e. The molecule has 0 radical (unpaired) electrons. The summed E-state index contributed by atoms with van der Waals surface area (Å²) in [6, 6.07) is 9.43. The number of amides is 2. The monoisotopic (exact) mass is 403 g/mol. The van der Waals surface area contributed by atoms with Crippen LogP contribution in [0.2, 0.25) is 0 Å². The van der Waals surface area contributed by atoms with Gasteiger partial charge in [0.25, 0.3) is 10.1 Å². The molecule has 0 aromatic heterocycles. The van der Waals surface area contributed by atoms with Gasteiger partial charge in [0, 0.05) is 12.6 Å². The second-order valence-corrected chi connectivity index (χ2v) is 7.63. The van der Waals surface area contributed by atoms with Gasteiger partial charge in [-0.25, -0.2) is 4.79 Å². The number of hydrogen-bond donors (Lipinski definition) is 5. The van der Waals surface area contributed by atoms with Gasteiger partial charge in [-0.1, -0.05) is 30.3 Å². The van der Waals surface area contributed by atoms with E-state index in [1.54, 1.807) is 0 Å². The van der Waals surface area contributed by atoms with Crippen LogP contribution in [0.3, 0.4) is 0 Å². The van der Waals surface area contributed by atoms with Crippen molar-refractivity contribution in [3.8, 4) is 0 Å². The normalized spacial score (nSPS) is 12.9. The van der Waals surface area contributed by atoms with Gasteiger partial charge in [-0.05, 0) is 38.2 Å². The molecule has 0 aliphatic rings. The highest BCUT2D eigenvalue weighted by molar-refractivity contribution is 7.85. The Hall–Kier alpha value is -2.17.